The van der Waals surface area contributed by atoms with Gasteiger partial charge in [0.2, 0.25) is 11.8 Å². The molecule has 1 atom stereocenters. The number of likely N-dealkylation sites (N-methyl/N-ethyl adjacent to an activating group) is 1. The second-order valence-corrected chi connectivity index (χ2v) is 8.17. The highest BCUT2D eigenvalue weighted by atomic mass is 19.4. The molecule has 0 bridgehead atoms. The van der Waals surface area contributed by atoms with Crippen LogP contribution in [0, 0.1) is 5.92 Å². The minimum atomic E-state index is -4.65. The summed E-state index contributed by atoms with van der Waals surface area (Å²) in [4.78, 5) is 30.5. The molecule has 2 amide bonds. The first kappa shape index (κ1) is 21.3. The van der Waals surface area contributed by atoms with Crippen molar-refractivity contribution in [2.75, 3.05) is 38.6 Å². The number of alkyl halides is 3. The minimum absolute atomic E-state index is 0.0149. The molecule has 2 aromatic heterocycles. The first-order valence-electron chi connectivity index (χ1n) is 10.2. The van der Waals surface area contributed by atoms with Crippen molar-refractivity contribution in [3.63, 3.8) is 0 Å². The summed E-state index contributed by atoms with van der Waals surface area (Å²) in [6, 6.07) is 2.65. The van der Waals surface area contributed by atoms with Crippen LogP contribution in [-0.2, 0) is 15.8 Å². The van der Waals surface area contributed by atoms with Crippen LogP contribution in [0.15, 0.2) is 12.1 Å². The zero-order chi connectivity index (χ0) is 22.3. The maximum absolute atomic E-state index is 13.1. The number of aromatic nitrogens is 4. The van der Waals surface area contributed by atoms with E-state index in [0.29, 0.717) is 49.2 Å². The summed E-state index contributed by atoms with van der Waals surface area (Å²) in [6.07, 6.45) is -2.08. The molecule has 0 radical (unpaired) electrons. The molecule has 31 heavy (non-hydrogen) atoms. The number of hydrogen-bond donors (Lipinski definition) is 0. The van der Waals surface area contributed by atoms with Gasteiger partial charge in [-0.15, -0.1) is 15.3 Å². The zero-order valence-corrected chi connectivity index (χ0v) is 17.3. The van der Waals surface area contributed by atoms with E-state index in [9.17, 15) is 22.8 Å². The summed E-state index contributed by atoms with van der Waals surface area (Å²) in [5, 5.41) is 10.8. The summed E-state index contributed by atoms with van der Waals surface area (Å²) in [6.45, 7) is 1.55. The topological polar surface area (TPSA) is 86.9 Å². The lowest BCUT2D eigenvalue weighted by atomic mass is 9.95. The number of carbonyl (C=O) groups excluding carboxylic acids is 2. The second-order valence-electron chi connectivity index (χ2n) is 8.17. The average molecular weight is 439 g/mol. The van der Waals surface area contributed by atoms with Gasteiger partial charge in [0.05, 0.1) is 0 Å². The molecule has 0 N–H and O–H groups in total. The highest BCUT2D eigenvalue weighted by molar-refractivity contribution is 5.89. The Morgan fingerprint density at radius 2 is 1.77 bits per heavy atom. The molecule has 9 nitrogen and oxygen atoms in total. The highest BCUT2D eigenvalue weighted by Crippen LogP contribution is 2.30. The molecule has 2 aliphatic rings. The lowest BCUT2D eigenvalue weighted by molar-refractivity contribution is -0.146. The Labute approximate surface area is 176 Å². The quantitative estimate of drug-likeness (QED) is 0.720. The monoisotopic (exact) mass is 439 g/mol. The van der Waals surface area contributed by atoms with Gasteiger partial charge in [-0.1, -0.05) is 0 Å². The fourth-order valence-electron chi connectivity index (χ4n) is 4.30. The van der Waals surface area contributed by atoms with Crippen LogP contribution in [0.25, 0.3) is 5.65 Å². The molecule has 0 spiro atoms. The third-order valence-electron chi connectivity index (χ3n) is 5.93. The Morgan fingerprint density at radius 1 is 1.06 bits per heavy atom. The number of halogens is 3. The SMILES string of the molecule is CN(C)C(=O)C1CCCN1C(=O)C1CCN(c2ccc3nnc(C(F)(F)F)n3n2)CC1. The third kappa shape index (κ3) is 4.02. The van der Waals surface area contributed by atoms with Gasteiger partial charge < -0.3 is 14.7 Å². The van der Waals surface area contributed by atoms with Gasteiger partial charge >= 0.3 is 6.18 Å². The van der Waals surface area contributed by atoms with Crippen LogP contribution in [0.3, 0.4) is 0 Å². The molecular formula is C19H24F3N7O2. The molecule has 168 valence electrons. The summed E-state index contributed by atoms with van der Waals surface area (Å²) >= 11 is 0. The predicted molar refractivity (Wildman–Crippen MR) is 104 cm³/mol. The molecule has 2 aromatic rings. The van der Waals surface area contributed by atoms with Crippen LogP contribution < -0.4 is 4.90 Å². The molecule has 2 fully saturated rings. The van der Waals surface area contributed by atoms with Crippen LogP contribution in [0.5, 0.6) is 0 Å². The zero-order valence-electron chi connectivity index (χ0n) is 17.3. The number of nitrogens with zero attached hydrogens (tertiary/aromatic N) is 7. The van der Waals surface area contributed by atoms with Crippen molar-refractivity contribution in [3.8, 4) is 0 Å². The van der Waals surface area contributed by atoms with Crippen molar-refractivity contribution in [1.82, 2.24) is 29.6 Å². The van der Waals surface area contributed by atoms with Crippen LogP contribution in [0.1, 0.15) is 31.5 Å². The summed E-state index contributed by atoms with van der Waals surface area (Å²) < 4.78 is 40.0. The van der Waals surface area contributed by atoms with Crippen molar-refractivity contribution >= 4 is 23.3 Å². The summed E-state index contributed by atoms with van der Waals surface area (Å²) in [5.41, 5.74) is 0.0202. The number of piperidine rings is 1. The van der Waals surface area contributed by atoms with E-state index >= 15 is 0 Å². The summed E-state index contributed by atoms with van der Waals surface area (Å²) in [5.74, 6) is -1.07. The van der Waals surface area contributed by atoms with E-state index in [4.69, 9.17) is 0 Å². The van der Waals surface area contributed by atoms with Crippen molar-refractivity contribution < 1.29 is 22.8 Å². The first-order chi connectivity index (χ1) is 14.7. The average Bonchev–Trinajstić information content (AvgIpc) is 3.39. The molecular weight excluding hydrogens is 415 g/mol. The van der Waals surface area contributed by atoms with Gasteiger partial charge in [-0.3, -0.25) is 9.59 Å². The number of carbonyl (C=O) groups is 2. The van der Waals surface area contributed by atoms with Crippen molar-refractivity contribution in [1.29, 1.82) is 0 Å². The number of amides is 2. The van der Waals surface area contributed by atoms with Gasteiger partial charge in [-0.25, -0.2) is 0 Å². The maximum atomic E-state index is 13.1. The van der Waals surface area contributed by atoms with Gasteiger partial charge in [0.25, 0.3) is 5.82 Å². The Morgan fingerprint density at radius 3 is 2.42 bits per heavy atom. The smallest absolute Gasteiger partial charge is 0.355 e. The maximum Gasteiger partial charge on any atom is 0.453 e. The Hall–Kier alpha value is -2.92. The number of rotatable bonds is 3. The number of hydrogen-bond acceptors (Lipinski definition) is 6. The van der Waals surface area contributed by atoms with E-state index in [-0.39, 0.29) is 23.4 Å². The van der Waals surface area contributed by atoms with E-state index in [1.54, 1.807) is 25.1 Å². The molecule has 4 rings (SSSR count). The molecule has 0 aromatic carbocycles. The van der Waals surface area contributed by atoms with Crippen molar-refractivity contribution in [2.24, 2.45) is 5.92 Å². The summed E-state index contributed by atoms with van der Waals surface area (Å²) in [7, 11) is 3.37. The van der Waals surface area contributed by atoms with E-state index in [1.165, 1.54) is 11.0 Å². The Bertz CT molecular complexity index is 983. The van der Waals surface area contributed by atoms with Gasteiger partial charge in [-0.2, -0.15) is 17.7 Å². The molecule has 4 heterocycles. The molecule has 2 saturated heterocycles. The van der Waals surface area contributed by atoms with E-state index in [2.05, 4.69) is 15.3 Å². The molecule has 2 aliphatic heterocycles. The van der Waals surface area contributed by atoms with Gasteiger partial charge in [-0.05, 0) is 37.8 Å². The van der Waals surface area contributed by atoms with E-state index in [1.807, 2.05) is 4.90 Å². The molecule has 1 unspecified atom stereocenters. The van der Waals surface area contributed by atoms with Gasteiger partial charge in [0.1, 0.15) is 11.9 Å². The lowest BCUT2D eigenvalue weighted by Crippen LogP contribution is -2.49. The third-order valence-corrected chi connectivity index (χ3v) is 5.93. The second kappa shape index (κ2) is 7.97. The minimum Gasteiger partial charge on any atom is -0.355 e. The molecule has 0 saturated carbocycles. The Balaban J connectivity index is 1.44. The Kier molecular flexibility index (Phi) is 5.48. The van der Waals surface area contributed by atoms with Crippen molar-refractivity contribution in [3.05, 3.63) is 18.0 Å². The van der Waals surface area contributed by atoms with Crippen LogP contribution >= 0.6 is 0 Å². The van der Waals surface area contributed by atoms with Crippen LogP contribution in [0.4, 0.5) is 19.0 Å². The lowest BCUT2D eigenvalue weighted by Gasteiger charge is -2.35. The predicted octanol–water partition coefficient (Wildman–Crippen LogP) is 1.44. The molecule has 12 heteroatoms. The highest BCUT2D eigenvalue weighted by Gasteiger charge is 2.39. The number of likely N-dealkylation sites (tertiary alicyclic amines) is 1. The van der Waals surface area contributed by atoms with Crippen LogP contribution in [-0.4, -0.2) is 81.2 Å². The largest absolute Gasteiger partial charge is 0.453 e. The first-order valence-corrected chi connectivity index (χ1v) is 10.2. The standard InChI is InChI=1S/C19H24F3N7O2/c1-26(2)17(31)13-4-3-9-28(13)16(30)12-7-10-27(11-8-12)15-6-5-14-23-24-18(19(20,21)22)29(14)25-15/h5-6,12-13H,3-4,7-11H2,1-2H3. The number of anilines is 1. The van der Waals surface area contributed by atoms with Crippen molar-refractivity contribution in [2.45, 2.75) is 37.9 Å². The molecule has 0 aliphatic carbocycles. The number of fused-ring (bicyclic) bond motifs is 1. The van der Waals surface area contributed by atoms with E-state index in [0.717, 1.165) is 6.42 Å². The van der Waals surface area contributed by atoms with Crippen LogP contribution in [0.2, 0.25) is 0 Å². The normalized spacial score (nSPS) is 20.5. The van der Waals surface area contributed by atoms with Gasteiger partial charge in [0, 0.05) is 39.6 Å². The fraction of sp³-hybridized carbons (Fsp3) is 0.632. The van der Waals surface area contributed by atoms with E-state index < -0.39 is 18.0 Å². The fourth-order valence-corrected chi connectivity index (χ4v) is 4.30. The van der Waals surface area contributed by atoms with Gasteiger partial charge in [0.15, 0.2) is 5.65 Å².